The van der Waals surface area contributed by atoms with Gasteiger partial charge in [0.05, 0.1) is 12.5 Å². The molecule has 0 atom stereocenters. The Bertz CT molecular complexity index is 2380. The number of furan rings is 2. The van der Waals surface area contributed by atoms with E-state index in [1.54, 1.807) is 0 Å². The first-order valence-electron chi connectivity index (χ1n) is 15.8. The van der Waals surface area contributed by atoms with Crippen LogP contribution in [0.1, 0.15) is 0 Å². The van der Waals surface area contributed by atoms with Crippen molar-refractivity contribution in [2.75, 3.05) is 4.90 Å². The molecule has 2 heterocycles. The van der Waals surface area contributed by atoms with Crippen molar-refractivity contribution in [1.29, 1.82) is 0 Å². The van der Waals surface area contributed by atoms with Gasteiger partial charge in [-0.2, -0.15) is 0 Å². The lowest BCUT2D eigenvalue weighted by Gasteiger charge is -2.26. The highest BCUT2D eigenvalue weighted by molar-refractivity contribution is 5.96. The fraction of sp³-hybridized carbons (Fsp3) is 0. The first-order valence-corrected chi connectivity index (χ1v) is 15.8. The molecule has 0 aliphatic carbocycles. The van der Waals surface area contributed by atoms with Gasteiger partial charge in [-0.3, -0.25) is 0 Å². The normalized spacial score (nSPS) is 11.4. The number of nitrogens with zero attached hydrogens (tertiary/aromatic N) is 1. The summed E-state index contributed by atoms with van der Waals surface area (Å²) in [4.78, 5) is 2.30. The Balaban J connectivity index is 1.10. The van der Waals surface area contributed by atoms with Crippen molar-refractivity contribution in [1.82, 2.24) is 0 Å². The average Bonchev–Trinajstić information content (AvgIpc) is 3.78. The number of benzene rings is 7. The van der Waals surface area contributed by atoms with Crippen molar-refractivity contribution in [3.05, 3.63) is 176 Å². The lowest BCUT2D eigenvalue weighted by Crippen LogP contribution is -2.09. The van der Waals surface area contributed by atoms with Gasteiger partial charge in [0, 0.05) is 39.0 Å². The number of fused-ring (bicyclic) bond motifs is 3. The maximum atomic E-state index is 5.84. The number of anilines is 3. The Kier molecular flexibility index (Phi) is 6.46. The highest BCUT2D eigenvalue weighted by atomic mass is 16.3. The Hall–Kier alpha value is -6.32. The second kappa shape index (κ2) is 11.2. The first-order chi connectivity index (χ1) is 23.3. The minimum Gasteiger partial charge on any atom is -0.464 e. The van der Waals surface area contributed by atoms with Crippen LogP contribution in [0.25, 0.3) is 66.1 Å². The zero-order valence-corrected chi connectivity index (χ0v) is 25.5. The van der Waals surface area contributed by atoms with Gasteiger partial charge < -0.3 is 13.7 Å². The van der Waals surface area contributed by atoms with Crippen LogP contribution in [-0.4, -0.2) is 0 Å². The molecule has 7 aromatic carbocycles. The molecule has 0 bridgehead atoms. The highest BCUT2D eigenvalue weighted by Crippen LogP contribution is 2.39. The van der Waals surface area contributed by atoms with Gasteiger partial charge in [-0.1, -0.05) is 109 Å². The molecule has 2 aromatic heterocycles. The highest BCUT2D eigenvalue weighted by Gasteiger charge is 2.16. The second-order valence-corrected chi connectivity index (χ2v) is 11.8. The lowest BCUT2D eigenvalue weighted by molar-refractivity contribution is 0.616. The number of rotatable bonds is 6. The lowest BCUT2D eigenvalue weighted by atomic mass is 10.0. The van der Waals surface area contributed by atoms with Crippen LogP contribution in [0, 0.1) is 0 Å². The molecule has 3 heteroatoms. The summed E-state index contributed by atoms with van der Waals surface area (Å²) in [5, 5.41) is 4.72. The van der Waals surface area contributed by atoms with Gasteiger partial charge >= 0.3 is 0 Å². The number of hydrogen-bond donors (Lipinski definition) is 0. The Morgan fingerprint density at radius 3 is 1.30 bits per heavy atom. The largest absolute Gasteiger partial charge is 0.464 e. The van der Waals surface area contributed by atoms with Gasteiger partial charge in [0.25, 0.3) is 0 Å². The number of hydrogen-bond acceptors (Lipinski definition) is 3. The van der Waals surface area contributed by atoms with Crippen molar-refractivity contribution in [3.63, 3.8) is 0 Å². The van der Waals surface area contributed by atoms with E-state index in [2.05, 4.69) is 144 Å². The molecule has 222 valence electrons. The monoisotopic (exact) mass is 603 g/mol. The molecule has 0 aliphatic rings. The minimum atomic E-state index is 0.894. The van der Waals surface area contributed by atoms with Crippen molar-refractivity contribution < 1.29 is 8.83 Å². The van der Waals surface area contributed by atoms with E-state index in [1.807, 2.05) is 36.8 Å². The van der Waals surface area contributed by atoms with Gasteiger partial charge in [0.15, 0.2) is 0 Å². The standard InChI is InChI=1S/C44H29NO2/c1-2-8-34-27-35(14-13-30(34)7-1)31-15-21-36(22-16-31)45(37-23-17-32(18-24-37)41-28-46-43-11-5-3-9-39(41)43)38-25-19-33(20-26-38)42-29-47-44-12-6-4-10-40(42)44/h1-29H. The van der Waals surface area contributed by atoms with E-state index < -0.39 is 0 Å². The van der Waals surface area contributed by atoms with Crippen molar-refractivity contribution in [2.45, 2.75) is 0 Å². The zero-order valence-electron chi connectivity index (χ0n) is 25.5. The van der Waals surface area contributed by atoms with Gasteiger partial charge in [-0.15, -0.1) is 0 Å². The molecule has 0 N–H and O–H groups in total. The van der Waals surface area contributed by atoms with Crippen LogP contribution in [0.15, 0.2) is 185 Å². The molecular formula is C44H29NO2. The Morgan fingerprint density at radius 1 is 0.340 bits per heavy atom. The smallest absolute Gasteiger partial charge is 0.134 e. The molecule has 47 heavy (non-hydrogen) atoms. The summed E-state index contributed by atoms with van der Waals surface area (Å²) >= 11 is 0. The van der Waals surface area contributed by atoms with Gasteiger partial charge in [-0.05, 0) is 87.6 Å². The topological polar surface area (TPSA) is 29.5 Å². The number of para-hydroxylation sites is 2. The molecule has 3 nitrogen and oxygen atoms in total. The van der Waals surface area contributed by atoms with Crippen LogP contribution in [0.4, 0.5) is 17.1 Å². The van der Waals surface area contributed by atoms with E-state index in [0.29, 0.717) is 0 Å². The minimum absolute atomic E-state index is 0.894. The molecular weight excluding hydrogens is 574 g/mol. The summed E-state index contributed by atoms with van der Waals surface area (Å²) in [6, 6.07) is 57.8. The molecule has 0 spiro atoms. The third-order valence-electron chi connectivity index (χ3n) is 9.04. The summed E-state index contributed by atoms with van der Waals surface area (Å²) in [6.45, 7) is 0. The molecule has 9 aromatic rings. The molecule has 0 amide bonds. The third kappa shape index (κ3) is 4.86. The average molecular weight is 604 g/mol. The predicted molar refractivity (Wildman–Crippen MR) is 194 cm³/mol. The third-order valence-corrected chi connectivity index (χ3v) is 9.04. The molecule has 0 fully saturated rings. The van der Waals surface area contributed by atoms with E-state index in [-0.39, 0.29) is 0 Å². The van der Waals surface area contributed by atoms with Gasteiger partial charge in [-0.25, -0.2) is 0 Å². The fourth-order valence-electron chi connectivity index (χ4n) is 6.60. The SMILES string of the molecule is c1ccc2cc(-c3ccc(N(c4ccc(-c5coc6ccccc56)cc4)c4ccc(-c5coc6ccccc56)cc4)cc3)ccc2c1. The van der Waals surface area contributed by atoms with Gasteiger partial charge in [0.2, 0.25) is 0 Å². The molecule has 0 unspecified atom stereocenters. The van der Waals surface area contributed by atoms with E-state index >= 15 is 0 Å². The van der Waals surface area contributed by atoms with Crippen LogP contribution in [0.5, 0.6) is 0 Å². The molecule has 0 saturated heterocycles. The molecule has 0 radical (unpaired) electrons. The fourth-order valence-corrected chi connectivity index (χ4v) is 6.60. The maximum absolute atomic E-state index is 5.84. The van der Waals surface area contributed by atoms with Crippen LogP contribution >= 0.6 is 0 Å². The molecule has 0 saturated carbocycles. The Morgan fingerprint density at radius 2 is 0.766 bits per heavy atom. The van der Waals surface area contributed by atoms with Crippen molar-refractivity contribution >= 4 is 49.8 Å². The first kappa shape index (κ1) is 27.0. The van der Waals surface area contributed by atoms with Crippen molar-refractivity contribution in [2.24, 2.45) is 0 Å². The van der Waals surface area contributed by atoms with E-state index in [4.69, 9.17) is 8.83 Å². The predicted octanol–water partition coefficient (Wildman–Crippen LogP) is 12.8. The van der Waals surface area contributed by atoms with Gasteiger partial charge in [0.1, 0.15) is 11.2 Å². The van der Waals surface area contributed by atoms with E-state index in [0.717, 1.165) is 61.3 Å². The van der Waals surface area contributed by atoms with Crippen molar-refractivity contribution in [3.8, 4) is 33.4 Å². The summed E-state index contributed by atoms with van der Waals surface area (Å²) in [6.07, 6.45) is 3.70. The summed E-state index contributed by atoms with van der Waals surface area (Å²) < 4.78 is 11.7. The van der Waals surface area contributed by atoms with Crippen LogP contribution in [-0.2, 0) is 0 Å². The maximum Gasteiger partial charge on any atom is 0.134 e. The zero-order chi connectivity index (χ0) is 31.2. The van der Waals surface area contributed by atoms with Crippen LogP contribution in [0.2, 0.25) is 0 Å². The summed E-state index contributed by atoms with van der Waals surface area (Å²) in [7, 11) is 0. The Labute approximate surface area is 272 Å². The van der Waals surface area contributed by atoms with E-state index in [9.17, 15) is 0 Å². The quantitative estimate of drug-likeness (QED) is 0.189. The second-order valence-electron chi connectivity index (χ2n) is 11.8. The molecule has 0 aliphatic heterocycles. The summed E-state index contributed by atoms with van der Waals surface area (Å²) in [5.74, 6) is 0. The molecule has 9 rings (SSSR count). The van der Waals surface area contributed by atoms with Crippen LogP contribution in [0.3, 0.4) is 0 Å². The van der Waals surface area contributed by atoms with E-state index in [1.165, 1.54) is 21.9 Å². The summed E-state index contributed by atoms with van der Waals surface area (Å²) in [5.41, 5.74) is 11.8. The van der Waals surface area contributed by atoms with Crippen LogP contribution < -0.4 is 4.90 Å².